The Balaban J connectivity index is 1.98. The van der Waals surface area contributed by atoms with Crippen molar-refractivity contribution in [3.05, 3.63) is 24.0 Å². The summed E-state index contributed by atoms with van der Waals surface area (Å²) in [5.74, 6) is -0.623. The largest absolute Gasteiger partial charge is 0.466 e. The van der Waals surface area contributed by atoms with E-state index in [1.165, 1.54) is 0 Å². The third-order valence-electron chi connectivity index (χ3n) is 4.79. The first kappa shape index (κ1) is 21.0. The van der Waals surface area contributed by atoms with E-state index in [4.69, 9.17) is 4.74 Å². The zero-order valence-electron chi connectivity index (χ0n) is 16.8. The molecule has 2 amide bonds. The van der Waals surface area contributed by atoms with Gasteiger partial charge in [-0.1, -0.05) is 0 Å². The van der Waals surface area contributed by atoms with Crippen LogP contribution in [0.4, 0.5) is 0 Å². The SMILES string of the molecule is CCOC(=O)CCC(=O)N(CC(=O)N(Cc1cccn1C)C1CC1)C(C)C. The highest BCUT2D eigenvalue weighted by molar-refractivity contribution is 5.87. The van der Waals surface area contributed by atoms with Crippen LogP contribution in [-0.2, 0) is 32.7 Å². The Hall–Kier alpha value is -2.31. The molecule has 0 bridgehead atoms. The Bertz CT molecular complexity index is 664. The van der Waals surface area contributed by atoms with Gasteiger partial charge in [0.2, 0.25) is 11.8 Å². The Morgan fingerprint density at radius 1 is 1.22 bits per heavy atom. The van der Waals surface area contributed by atoms with Crippen LogP contribution in [-0.4, -0.2) is 57.4 Å². The topological polar surface area (TPSA) is 71.8 Å². The normalized spacial score (nSPS) is 13.5. The van der Waals surface area contributed by atoms with E-state index in [9.17, 15) is 14.4 Å². The lowest BCUT2D eigenvalue weighted by Crippen LogP contribution is -2.46. The van der Waals surface area contributed by atoms with Gasteiger partial charge in [-0.05, 0) is 45.7 Å². The molecule has 7 nitrogen and oxygen atoms in total. The number of nitrogens with zero attached hydrogens (tertiary/aromatic N) is 3. The van der Waals surface area contributed by atoms with Crippen molar-refractivity contribution in [2.45, 2.75) is 65.1 Å². The van der Waals surface area contributed by atoms with Crippen LogP contribution in [0.15, 0.2) is 18.3 Å². The van der Waals surface area contributed by atoms with Crippen LogP contribution >= 0.6 is 0 Å². The molecular formula is C20H31N3O4. The molecule has 27 heavy (non-hydrogen) atoms. The summed E-state index contributed by atoms with van der Waals surface area (Å²) in [4.78, 5) is 40.4. The van der Waals surface area contributed by atoms with Gasteiger partial charge in [0.05, 0.1) is 26.1 Å². The van der Waals surface area contributed by atoms with E-state index in [1.807, 2.05) is 48.7 Å². The number of esters is 1. The van der Waals surface area contributed by atoms with Crippen LogP contribution in [0, 0.1) is 0 Å². The second-order valence-corrected chi connectivity index (χ2v) is 7.28. The molecule has 1 heterocycles. The molecule has 0 spiro atoms. The molecule has 0 saturated heterocycles. The third kappa shape index (κ3) is 6.12. The number of aromatic nitrogens is 1. The molecule has 0 N–H and O–H groups in total. The van der Waals surface area contributed by atoms with Crippen LogP contribution in [0.5, 0.6) is 0 Å². The summed E-state index contributed by atoms with van der Waals surface area (Å²) >= 11 is 0. The van der Waals surface area contributed by atoms with E-state index in [0.717, 1.165) is 18.5 Å². The minimum atomic E-state index is -0.385. The number of carbonyl (C=O) groups is 3. The van der Waals surface area contributed by atoms with Gasteiger partial charge in [0.25, 0.3) is 0 Å². The first-order chi connectivity index (χ1) is 12.8. The van der Waals surface area contributed by atoms with Crippen molar-refractivity contribution in [2.24, 2.45) is 7.05 Å². The van der Waals surface area contributed by atoms with E-state index in [0.29, 0.717) is 13.2 Å². The van der Waals surface area contributed by atoms with Gasteiger partial charge in [-0.25, -0.2) is 0 Å². The molecule has 7 heteroatoms. The maximum atomic E-state index is 13.0. The molecule has 150 valence electrons. The number of carbonyl (C=O) groups excluding carboxylic acids is 3. The molecule has 1 aromatic rings. The standard InChI is InChI=1S/C20H31N3O4/c1-5-27-20(26)11-10-18(24)22(15(2)3)14-19(25)23(16-8-9-16)13-17-7-6-12-21(17)4/h6-7,12,15-16H,5,8-11,13-14H2,1-4H3. The molecular weight excluding hydrogens is 346 g/mol. The average molecular weight is 377 g/mol. The summed E-state index contributed by atoms with van der Waals surface area (Å²) in [6, 6.07) is 4.12. The quantitative estimate of drug-likeness (QED) is 0.586. The fourth-order valence-electron chi connectivity index (χ4n) is 3.02. The van der Waals surface area contributed by atoms with Crippen LogP contribution in [0.3, 0.4) is 0 Å². The van der Waals surface area contributed by atoms with Gasteiger partial charge in [-0.2, -0.15) is 0 Å². The van der Waals surface area contributed by atoms with Crippen molar-refractivity contribution in [3.8, 4) is 0 Å². The summed E-state index contributed by atoms with van der Waals surface area (Å²) in [5.41, 5.74) is 1.07. The number of rotatable bonds is 10. The van der Waals surface area contributed by atoms with Crippen molar-refractivity contribution in [3.63, 3.8) is 0 Å². The summed E-state index contributed by atoms with van der Waals surface area (Å²) < 4.78 is 6.88. The van der Waals surface area contributed by atoms with E-state index in [2.05, 4.69) is 0 Å². The van der Waals surface area contributed by atoms with Crippen molar-refractivity contribution >= 4 is 17.8 Å². The van der Waals surface area contributed by atoms with Gasteiger partial charge in [-0.15, -0.1) is 0 Å². The van der Waals surface area contributed by atoms with Crippen LogP contribution in [0.1, 0.15) is 52.1 Å². The predicted octanol–water partition coefficient (Wildman–Crippen LogP) is 2.10. The molecule has 1 saturated carbocycles. The summed E-state index contributed by atoms with van der Waals surface area (Å²) in [6.07, 6.45) is 4.08. The lowest BCUT2D eigenvalue weighted by Gasteiger charge is -2.30. The van der Waals surface area contributed by atoms with Gasteiger partial charge in [0, 0.05) is 37.4 Å². The first-order valence-corrected chi connectivity index (χ1v) is 9.68. The molecule has 1 aromatic heterocycles. The molecule has 0 unspecified atom stereocenters. The first-order valence-electron chi connectivity index (χ1n) is 9.68. The van der Waals surface area contributed by atoms with E-state index in [1.54, 1.807) is 11.8 Å². The van der Waals surface area contributed by atoms with Gasteiger partial charge < -0.3 is 19.1 Å². The number of hydrogen-bond donors (Lipinski definition) is 0. The Morgan fingerprint density at radius 3 is 2.44 bits per heavy atom. The van der Waals surface area contributed by atoms with Crippen molar-refractivity contribution < 1.29 is 19.1 Å². The molecule has 0 aliphatic heterocycles. The molecule has 0 radical (unpaired) electrons. The number of aryl methyl sites for hydroxylation is 1. The van der Waals surface area contributed by atoms with Gasteiger partial charge in [0.15, 0.2) is 0 Å². The number of hydrogen-bond acceptors (Lipinski definition) is 4. The van der Waals surface area contributed by atoms with Crippen LogP contribution < -0.4 is 0 Å². The highest BCUT2D eigenvalue weighted by Gasteiger charge is 2.34. The maximum Gasteiger partial charge on any atom is 0.306 e. The average Bonchev–Trinajstić information content (AvgIpc) is 3.37. The number of amides is 2. The highest BCUT2D eigenvalue weighted by atomic mass is 16.5. The van der Waals surface area contributed by atoms with E-state index in [-0.39, 0.29) is 49.3 Å². The maximum absolute atomic E-state index is 13.0. The fraction of sp³-hybridized carbons (Fsp3) is 0.650. The molecule has 1 aliphatic carbocycles. The third-order valence-corrected chi connectivity index (χ3v) is 4.79. The smallest absolute Gasteiger partial charge is 0.306 e. The zero-order valence-corrected chi connectivity index (χ0v) is 16.8. The lowest BCUT2D eigenvalue weighted by atomic mass is 10.2. The Kier molecular flexibility index (Phi) is 7.45. The van der Waals surface area contributed by atoms with Gasteiger partial charge >= 0.3 is 5.97 Å². The minimum absolute atomic E-state index is 0.0414. The zero-order chi connectivity index (χ0) is 20.0. The van der Waals surface area contributed by atoms with Crippen LogP contribution in [0.2, 0.25) is 0 Å². The molecule has 1 aliphatic rings. The number of ether oxygens (including phenoxy) is 1. The summed E-state index contributed by atoms with van der Waals surface area (Å²) in [7, 11) is 1.96. The lowest BCUT2D eigenvalue weighted by molar-refractivity contribution is -0.147. The molecule has 2 rings (SSSR count). The monoisotopic (exact) mass is 377 g/mol. The van der Waals surface area contributed by atoms with Gasteiger partial charge in [-0.3, -0.25) is 14.4 Å². The second kappa shape index (κ2) is 9.58. The molecule has 0 atom stereocenters. The summed E-state index contributed by atoms with van der Waals surface area (Å²) in [5, 5.41) is 0. The molecule has 1 fully saturated rings. The predicted molar refractivity (Wildman–Crippen MR) is 102 cm³/mol. The van der Waals surface area contributed by atoms with Crippen molar-refractivity contribution in [1.29, 1.82) is 0 Å². The Morgan fingerprint density at radius 2 is 1.93 bits per heavy atom. The highest BCUT2D eigenvalue weighted by Crippen LogP contribution is 2.28. The Labute approximate surface area is 161 Å². The van der Waals surface area contributed by atoms with Gasteiger partial charge in [0.1, 0.15) is 0 Å². The second-order valence-electron chi connectivity index (χ2n) is 7.28. The fourth-order valence-corrected chi connectivity index (χ4v) is 3.02. The summed E-state index contributed by atoms with van der Waals surface area (Å²) in [6.45, 7) is 6.39. The molecule has 0 aromatic carbocycles. The van der Waals surface area contributed by atoms with Crippen molar-refractivity contribution in [2.75, 3.05) is 13.2 Å². The van der Waals surface area contributed by atoms with Crippen LogP contribution in [0.25, 0.3) is 0 Å². The van der Waals surface area contributed by atoms with Crippen molar-refractivity contribution in [1.82, 2.24) is 14.4 Å². The minimum Gasteiger partial charge on any atom is -0.466 e. The van der Waals surface area contributed by atoms with E-state index >= 15 is 0 Å². The van der Waals surface area contributed by atoms with E-state index < -0.39 is 0 Å².